The second kappa shape index (κ2) is 6.22. The third kappa shape index (κ3) is 3.90. The van der Waals surface area contributed by atoms with E-state index in [0.29, 0.717) is 13.0 Å². The molecular formula is C9H12N6O2. The summed E-state index contributed by atoms with van der Waals surface area (Å²) in [6, 6.07) is 2.04. The molecule has 8 heteroatoms. The van der Waals surface area contributed by atoms with E-state index < -0.39 is 4.92 Å². The molecule has 90 valence electrons. The molecule has 0 aliphatic heterocycles. The van der Waals surface area contributed by atoms with Crippen LogP contribution in [0.3, 0.4) is 0 Å². The maximum Gasteiger partial charge on any atom is 0.329 e. The zero-order valence-electron chi connectivity index (χ0n) is 9.09. The number of nitrogens with two attached hydrogens (primary N) is 1. The van der Waals surface area contributed by atoms with Gasteiger partial charge in [0.2, 0.25) is 11.8 Å². The normalized spacial score (nSPS) is 9.59. The van der Waals surface area contributed by atoms with Gasteiger partial charge in [0.25, 0.3) is 0 Å². The Morgan fingerprint density at radius 1 is 1.59 bits per heavy atom. The highest BCUT2D eigenvalue weighted by Gasteiger charge is 2.13. The number of nitriles is 1. The van der Waals surface area contributed by atoms with Crippen molar-refractivity contribution in [1.82, 2.24) is 9.97 Å². The van der Waals surface area contributed by atoms with E-state index in [4.69, 9.17) is 11.0 Å². The number of aromatic nitrogens is 2. The van der Waals surface area contributed by atoms with Crippen LogP contribution in [0.15, 0.2) is 6.20 Å². The first kappa shape index (κ1) is 12.6. The van der Waals surface area contributed by atoms with Crippen molar-refractivity contribution in [1.29, 1.82) is 5.26 Å². The Balaban J connectivity index is 2.48. The molecule has 0 unspecified atom stereocenters. The number of hydrogen-bond donors (Lipinski definition) is 2. The third-order valence-corrected chi connectivity index (χ3v) is 1.99. The van der Waals surface area contributed by atoms with Gasteiger partial charge < -0.3 is 11.1 Å². The topological polar surface area (TPSA) is 131 Å². The van der Waals surface area contributed by atoms with Crippen molar-refractivity contribution in [2.24, 2.45) is 0 Å². The highest BCUT2D eigenvalue weighted by atomic mass is 16.6. The van der Waals surface area contributed by atoms with E-state index in [0.717, 1.165) is 19.0 Å². The maximum absolute atomic E-state index is 10.5. The largest absolute Gasteiger partial charge is 0.378 e. The highest BCUT2D eigenvalue weighted by Crippen LogP contribution is 2.17. The predicted molar refractivity (Wildman–Crippen MR) is 61.1 cm³/mol. The first-order valence-electron chi connectivity index (χ1n) is 5.03. The summed E-state index contributed by atoms with van der Waals surface area (Å²) in [5.74, 6) is 0.0922. The van der Waals surface area contributed by atoms with Gasteiger partial charge in [-0.25, -0.2) is 4.98 Å². The lowest BCUT2D eigenvalue weighted by molar-refractivity contribution is -0.384. The summed E-state index contributed by atoms with van der Waals surface area (Å²) in [6.45, 7) is 0.596. The molecule has 3 N–H and O–H groups in total. The monoisotopic (exact) mass is 236 g/mol. The van der Waals surface area contributed by atoms with Gasteiger partial charge in [0, 0.05) is 13.0 Å². The molecule has 1 aromatic rings. The summed E-state index contributed by atoms with van der Waals surface area (Å²) in [7, 11) is 0. The molecule has 8 nitrogen and oxygen atoms in total. The van der Waals surface area contributed by atoms with Crippen molar-refractivity contribution in [3.05, 3.63) is 16.3 Å². The lowest BCUT2D eigenvalue weighted by Gasteiger charge is -2.04. The summed E-state index contributed by atoms with van der Waals surface area (Å²) >= 11 is 0. The minimum atomic E-state index is -0.633. The van der Waals surface area contributed by atoms with E-state index in [9.17, 15) is 10.1 Å². The zero-order valence-corrected chi connectivity index (χ0v) is 9.09. The van der Waals surface area contributed by atoms with E-state index in [2.05, 4.69) is 15.3 Å². The number of rotatable bonds is 6. The van der Waals surface area contributed by atoms with Crippen LogP contribution in [0.2, 0.25) is 0 Å². The van der Waals surface area contributed by atoms with E-state index >= 15 is 0 Å². The van der Waals surface area contributed by atoms with Crippen molar-refractivity contribution < 1.29 is 4.92 Å². The van der Waals surface area contributed by atoms with Crippen LogP contribution in [0.4, 0.5) is 17.5 Å². The van der Waals surface area contributed by atoms with Crippen LogP contribution in [-0.2, 0) is 0 Å². The molecule has 1 rings (SSSR count). The maximum atomic E-state index is 10.5. The summed E-state index contributed by atoms with van der Waals surface area (Å²) < 4.78 is 0. The standard InChI is InChI=1S/C9H12N6O2/c10-4-2-1-3-5-12-9-13-6-7(15(16)17)8(11)14-9/h6H,1-3,5H2,(H3,11,12,13,14). The van der Waals surface area contributed by atoms with Crippen LogP contribution in [0.5, 0.6) is 0 Å². The van der Waals surface area contributed by atoms with Gasteiger partial charge >= 0.3 is 5.69 Å². The quantitative estimate of drug-likeness (QED) is 0.429. The summed E-state index contributed by atoms with van der Waals surface area (Å²) in [4.78, 5) is 17.4. The molecule has 17 heavy (non-hydrogen) atoms. The van der Waals surface area contributed by atoms with Crippen molar-refractivity contribution >= 4 is 17.5 Å². The van der Waals surface area contributed by atoms with Gasteiger partial charge in [0.1, 0.15) is 6.20 Å². The van der Waals surface area contributed by atoms with Crippen molar-refractivity contribution in [3.8, 4) is 6.07 Å². The lowest BCUT2D eigenvalue weighted by Crippen LogP contribution is -2.08. The van der Waals surface area contributed by atoms with Crippen molar-refractivity contribution in [2.45, 2.75) is 19.3 Å². The summed E-state index contributed by atoms with van der Waals surface area (Å²) in [6.07, 6.45) is 3.16. The van der Waals surface area contributed by atoms with Crippen LogP contribution in [0.1, 0.15) is 19.3 Å². The Hall–Kier alpha value is -2.43. The Bertz CT molecular complexity index is 442. The van der Waals surface area contributed by atoms with Crippen LogP contribution >= 0.6 is 0 Å². The Morgan fingerprint density at radius 2 is 2.35 bits per heavy atom. The number of hydrogen-bond acceptors (Lipinski definition) is 7. The molecule has 0 spiro atoms. The fraction of sp³-hybridized carbons (Fsp3) is 0.444. The molecule has 1 aromatic heterocycles. The molecule has 0 radical (unpaired) electrons. The molecule has 0 fully saturated rings. The molecule has 0 saturated heterocycles. The summed E-state index contributed by atoms with van der Waals surface area (Å²) in [5, 5.41) is 21.7. The number of nitrogen functional groups attached to an aromatic ring is 1. The van der Waals surface area contributed by atoms with E-state index in [1.807, 2.05) is 6.07 Å². The number of nitrogens with one attached hydrogen (secondary N) is 1. The van der Waals surface area contributed by atoms with E-state index in [1.54, 1.807) is 0 Å². The molecule has 0 saturated carbocycles. The SMILES string of the molecule is N#CCCCCNc1ncc([N+](=O)[O-])c(N)n1. The lowest BCUT2D eigenvalue weighted by atomic mass is 10.2. The number of anilines is 2. The van der Waals surface area contributed by atoms with Gasteiger partial charge in [0.15, 0.2) is 0 Å². The van der Waals surface area contributed by atoms with E-state index in [-0.39, 0.29) is 17.5 Å². The summed E-state index contributed by atoms with van der Waals surface area (Å²) in [5.41, 5.74) is 5.09. The molecular weight excluding hydrogens is 224 g/mol. The number of nitro groups is 1. The van der Waals surface area contributed by atoms with Gasteiger partial charge in [-0.15, -0.1) is 0 Å². The predicted octanol–water partition coefficient (Wildman–Crippen LogP) is 1.07. The van der Waals surface area contributed by atoms with Crippen molar-refractivity contribution in [2.75, 3.05) is 17.6 Å². The Kier molecular flexibility index (Phi) is 4.62. The molecule has 0 amide bonds. The fourth-order valence-corrected chi connectivity index (χ4v) is 1.14. The molecule has 0 atom stereocenters. The highest BCUT2D eigenvalue weighted by molar-refractivity contribution is 5.53. The first-order valence-corrected chi connectivity index (χ1v) is 5.03. The van der Waals surface area contributed by atoms with Gasteiger partial charge in [-0.2, -0.15) is 10.2 Å². The van der Waals surface area contributed by atoms with E-state index in [1.165, 1.54) is 0 Å². The van der Waals surface area contributed by atoms with Crippen molar-refractivity contribution in [3.63, 3.8) is 0 Å². The number of unbranched alkanes of at least 4 members (excludes halogenated alkanes) is 2. The fourth-order valence-electron chi connectivity index (χ4n) is 1.14. The van der Waals surface area contributed by atoms with Gasteiger partial charge in [0.05, 0.1) is 11.0 Å². The van der Waals surface area contributed by atoms with Gasteiger partial charge in [-0.1, -0.05) is 0 Å². The average molecular weight is 236 g/mol. The van der Waals surface area contributed by atoms with Crippen LogP contribution < -0.4 is 11.1 Å². The number of nitrogens with zero attached hydrogens (tertiary/aromatic N) is 4. The smallest absolute Gasteiger partial charge is 0.329 e. The Labute approximate surface area is 97.6 Å². The average Bonchev–Trinajstić information content (AvgIpc) is 2.28. The first-order chi connectivity index (χ1) is 8.15. The van der Waals surface area contributed by atoms with Gasteiger partial charge in [-0.05, 0) is 12.8 Å². The van der Waals surface area contributed by atoms with Crippen LogP contribution in [0.25, 0.3) is 0 Å². The Morgan fingerprint density at radius 3 is 2.94 bits per heavy atom. The molecule has 0 aromatic carbocycles. The zero-order chi connectivity index (χ0) is 12.7. The minimum Gasteiger partial charge on any atom is -0.378 e. The van der Waals surface area contributed by atoms with Crippen LogP contribution in [0, 0.1) is 21.4 Å². The molecule has 0 bridgehead atoms. The molecule has 0 aliphatic rings. The third-order valence-electron chi connectivity index (χ3n) is 1.99. The molecule has 1 heterocycles. The second-order valence-corrected chi connectivity index (χ2v) is 3.26. The molecule has 0 aliphatic carbocycles. The van der Waals surface area contributed by atoms with Crippen LogP contribution in [-0.4, -0.2) is 21.4 Å². The minimum absolute atomic E-state index is 0.162. The second-order valence-electron chi connectivity index (χ2n) is 3.26. The van der Waals surface area contributed by atoms with Gasteiger partial charge in [-0.3, -0.25) is 10.1 Å².